The number of nitrogens with one attached hydrogen (secondary N) is 1. The Morgan fingerprint density at radius 1 is 1.14 bits per heavy atom. The largest absolute Gasteiger partial charge is 0.495 e. The van der Waals surface area contributed by atoms with E-state index in [1.807, 2.05) is 37.3 Å². The average molecular weight is 399 g/mol. The van der Waals surface area contributed by atoms with Gasteiger partial charge in [0.2, 0.25) is 11.1 Å². The van der Waals surface area contributed by atoms with E-state index in [1.54, 1.807) is 38.0 Å². The Balaban J connectivity index is 1.79. The number of hydrogen-bond acceptors (Lipinski definition) is 7. The van der Waals surface area contributed by atoms with Crippen LogP contribution in [0.25, 0.3) is 5.69 Å². The second-order valence-corrected chi connectivity index (χ2v) is 7.31. The van der Waals surface area contributed by atoms with E-state index in [0.717, 1.165) is 5.56 Å². The van der Waals surface area contributed by atoms with Crippen LogP contribution in [0.15, 0.2) is 47.6 Å². The van der Waals surface area contributed by atoms with Crippen LogP contribution in [0.2, 0.25) is 0 Å². The Hall–Kier alpha value is -3.07. The van der Waals surface area contributed by atoms with Gasteiger partial charge in [0, 0.05) is 0 Å². The number of tetrazole rings is 1. The summed E-state index contributed by atoms with van der Waals surface area (Å²) in [5.74, 6) is 1.06. The molecule has 0 unspecified atom stereocenters. The summed E-state index contributed by atoms with van der Waals surface area (Å²) in [5.41, 5.74) is 2.37. The summed E-state index contributed by atoms with van der Waals surface area (Å²) < 4.78 is 12.3. The molecule has 9 heteroatoms. The number of carbonyl (C=O) groups excluding carboxylic acids is 1. The monoisotopic (exact) mass is 399 g/mol. The average Bonchev–Trinajstić information content (AvgIpc) is 3.16. The lowest BCUT2D eigenvalue weighted by molar-refractivity contribution is -0.115. The minimum Gasteiger partial charge on any atom is -0.495 e. The van der Waals surface area contributed by atoms with Crippen molar-refractivity contribution in [3.05, 3.63) is 48.0 Å². The van der Waals surface area contributed by atoms with E-state index in [2.05, 4.69) is 20.8 Å². The molecule has 0 aliphatic rings. The predicted octanol–water partition coefficient (Wildman–Crippen LogP) is 3.11. The maximum absolute atomic E-state index is 12.6. The van der Waals surface area contributed by atoms with Gasteiger partial charge in [-0.3, -0.25) is 4.79 Å². The van der Waals surface area contributed by atoms with Gasteiger partial charge in [-0.25, -0.2) is 0 Å². The van der Waals surface area contributed by atoms with Crippen molar-refractivity contribution in [3.63, 3.8) is 0 Å². The molecule has 1 atom stereocenters. The minimum atomic E-state index is -0.439. The molecule has 0 saturated heterocycles. The van der Waals surface area contributed by atoms with Gasteiger partial charge in [0.25, 0.3) is 0 Å². The number of para-hydroxylation sites is 2. The number of benzene rings is 2. The number of rotatable bonds is 7. The molecular formula is C19H21N5O3S. The third kappa shape index (κ3) is 4.25. The van der Waals surface area contributed by atoms with E-state index >= 15 is 0 Å². The van der Waals surface area contributed by atoms with Crippen LogP contribution >= 0.6 is 11.8 Å². The van der Waals surface area contributed by atoms with Crippen molar-refractivity contribution in [1.29, 1.82) is 0 Å². The van der Waals surface area contributed by atoms with Crippen molar-refractivity contribution >= 4 is 23.4 Å². The van der Waals surface area contributed by atoms with Crippen molar-refractivity contribution in [2.75, 3.05) is 19.5 Å². The van der Waals surface area contributed by atoms with Crippen LogP contribution in [-0.4, -0.2) is 45.6 Å². The quantitative estimate of drug-likeness (QED) is 0.610. The number of hydrogen-bond donors (Lipinski definition) is 1. The molecule has 0 spiro atoms. The first-order valence-electron chi connectivity index (χ1n) is 8.57. The molecule has 1 heterocycles. The number of ether oxygens (including phenoxy) is 2. The number of carbonyl (C=O) groups is 1. The zero-order chi connectivity index (χ0) is 20.1. The van der Waals surface area contributed by atoms with E-state index in [1.165, 1.54) is 11.8 Å². The second-order valence-electron chi connectivity index (χ2n) is 6.00. The second kappa shape index (κ2) is 8.75. The van der Waals surface area contributed by atoms with Gasteiger partial charge in [0.05, 0.1) is 25.2 Å². The van der Waals surface area contributed by atoms with Crippen molar-refractivity contribution in [2.45, 2.75) is 24.3 Å². The summed E-state index contributed by atoms with van der Waals surface area (Å²) in [6, 6.07) is 13.0. The van der Waals surface area contributed by atoms with Gasteiger partial charge in [-0.1, -0.05) is 30.0 Å². The van der Waals surface area contributed by atoms with E-state index < -0.39 is 5.25 Å². The number of anilines is 1. The smallest absolute Gasteiger partial charge is 0.237 e. The molecule has 0 radical (unpaired) electrons. The van der Waals surface area contributed by atoms with Crippen LogP contribution < -0.4 is 14.8 Å². The number of aromatic nitrogens is 4. The van der Waals surface area contributed by atoms with Gasteiger partial charge < -0.3 is 14.8 Å². The Morgan fingerprint density at radius 2 is 1.89 bits per heavy atom. The summed E-state index contributed by atoms with van der Waals surface area (Å²) in [4.78, 5) is 12.6. The lowest BCUT2D eigenvalue weighted by Gasteiger charge is -2.14. The molecule has 1 amide bonds. The summed E-state index contributed by atoms with van der Waals surface area (Å²) in [5, 5.41) is 14.8. The topological polar surface area (TPSA) is 91.2 Å². The molecule has 1 N–H and O–H groups in total. The number of aryl methyl sites for hydroxylation is 1. The zero-order valence-corrected chi connectivity index (χ0v) is 16.9. The Labute approximate surface area is 167 Å². The Kier molecular flexibility index (Phi) is 6.15. The van der Waals surface area contributed by atoms with Gasteiger partial charge in [-0.05, 0) is 54.1 Å². The molecule has 0 saturated carbocycles. The lowest BCUT2D eigenvalue weighted by Crippen LogP contribution is -2.23. The summed E-state index contributed by atoms with van der Waals surface area (Å²) in [6.45, 7) is 3.77. The molecule has 146 valence electrons. The predicted molar refractivity (Wildman–Crippen MR) is 107 cm³/mol. The molecule has 0 aliphatic heterocycles. The van der Waals surface area contributed by atoms with E-state index in [0.29, 0.717) is 28.0 Å². The fraction of sp³-hybridized carbons (Fsp3) is 0.263. The third-order valence-corrected chi connectivity index (χ3v) is 5.05. The van der Waals surface area contributed by atoms with Gasteiger partial charge in [0.15, 0.2) is 0 Å². The molecule has 2 aromatic carbocycles. The van der Waals surface area contributed by atoms with Crippen LogP contribution in [0.5, 0.6) is 11.5 Å². The van der Waals surface area contributed by atoms with Gasteiger partial charge in [-0.15, -0.1) is 5.10 Å². The van der Waals surface area contributed by atoms with Crippen molar-refractivity contribution in [3.8, 4) is 17.2 Å². The number of amides is 1. The standard InChI is InChI=1S/C19H21N5O3S/c1-12-9-10-17(27-4)15(11-12)24-19(21-22-23-24)28-13(2)18(25)20-14-7-5-6-8-16(14)26-3/h5-11,13H,1-4H3,(H,20,25)/t13-/m0/s1. The number of thioether (sulfide) groups is 1. The molecule has 3 aromatic rings. The highest BCUT2D eigenvalue weighted by Crippen LogP contribution is 2.30. The summed E-state index contributed by atoms with van der Waals surface area (Å²) in [7, 11) is 3.15. The maximum Gasteiger partial charge on any atom is 0.237 e. The highest BCUT2D eigenvalue weighted by atomic mass is 32.2. The van der Waals surface area contributed by atoms with Crippen LogP contribution in [0.4, 0.5) is 5.69 Å². The number of methoxy groups -OCH3 is 2. The molecule has 8 nitrogen and oxygen atoms in total. The first-order valence-corrected chi connectivity index (χ1v) is 9.45. The van der Waals surface area contributed by atoms with Gasteiger partial charge in [0.1, 0.15) is 17.2 Å². The first kappa shape index (κ1) is 19.7. The molecular weight excluding hydrogens is 378 g/mol. The molecule has 1 aromatic heterocycles. The van der Waals surface area contributed by atoms with E-state index in [4.69, 9.17) is 9.47 Å². The maximum atomic E-state index is 12.6. The minimum absolute atomic E-state index is 0.180. The normalized spacial score (nSPS) is 11.7. The number of nitrogens with zero attached hydrogens (tertiary/aromatic N) is 4. The zero-order valence-electron chi connectivity index (χ0n) is 16.0. The van der Waals surface area contributed by atoms with Crippen molar-refractivity contribution in [2.24, 2.45) is 0 Å². The molecule has 0 aliphatic carbocycles. The fourth-order valence-corrected chi connectivity index (χ4v) is 3.36. The Morgan fingerprint density at radius 3 is 2.64 bits per heavy atom. The SMILES string of the molecule is COc1ccccc1NC(=O)[C@H](C)Sc1nnnn1-c1cc(C)ccc1OC. The lowest BCUT2D eigenvalue weighted by atomic mass is 10.2. The van der Waals surface area contributed by atoms with Gasteiger partial charge >= 0.3 is 0 Å². The third-order valence-electron chi connectivity index (χ3n) is 4.02. The van der Waals surface area contributed by atoms with Gasteiger partial charge in [-0.2, -0.15) is 4.68 Å². The van der Waals surface area contributed by atoms with Crippen molar-refractivity contribution < 1.29 is 14.3 Å². The van der Waals surface area contributed by atoms with Crippen LogP contribution in [0, 0.1) is 6.92 Å². The molecule has 0 bridgehead atoms. The highest BCUT2D eigenvalue weighted by Gasteiger charge is 2.21. The van der Waals surface area contributed by atoms with E-state index in [9.17, 15) is 4.79 Å². The van der Waals surface area contributed by atoms with Crippen molar-refractivity contribution in [1.82, 2.24) is 20.2 Å². The van der Waals surface area contributed by atoms with E-state index in [-0.39, 0.29) is 5.91 Å². The van der Waals surface area contributed by atoms with Crippen LogP contribution in [-0.2, 0) is 4.79 Å². The molecule has 3 rings (SSSR count). The highest BCUT2D eigenvalue weighted by molar-refractivity contribution is 8.00. The summed E-state index contributed by atoms with van der Waals surface area (Å²) in [6.07, 6.45) is 0. The summed E-state index contributed by atoms with van der Waals surface area (Å²) >= 11 is 1.26. The van der Waals surface area contributed by atoms with Crippen LogP contribution in [0.1, 0.15) is 12.5 Å². The molecule has 28 heavy (non-hydrogen) atoms. The Bertz CT molecular complexity index is 976. The fourth-order valence-electron chi connectivity index (χ4n) is 2.56. The first-order chi connectivity index (χ1) is 13.5. The molecule has 0 fully saturated rings. The van der Waals surface area contributed by atoms with Crippen LogP contribution in [0.3, 0.4) is 0 Å².